The standard InChI is InChI=1S/C12H13ClFN3S/c1-7-16-12(6-18-7)11(17-15)5-8-9(13)3-2-4-10(8)14/h2-4,6,11,17H,5,15H2,1H3. The number of halogens is 2. The van der Waals surface area contributed by atoms with Crippen LogP contribution in [-0.4, -0.2) is 4.98 Å². The van der Waals surface area contributed by atoms with Crippen LogP contribution in [0.4, 0.5) is 4.39 Å². The quantitative estimate of drug-likeness (QED) is 0.671. The molecule has 0 aliphatic carbocycles. The number of thiazole rings is 1. The molecule has 1 aromatic heterocycles. The molecule has 1 atom stereocenters. The molecule has 0 bridgehead atoms. The van der Waals surface area contributed by atoms with Crippen LogP contribution >= 0.6 is 22.9 Å². The second-order valence-corrected chi connectivity index (χ2v) is 5.38. The highest BCUT2D eigenvalue weighted by Crippen LogP contribution is 2.26. The van der Waals surface area contributed by atoms with E-state index in [1.54, 1.807) is 12.1 Å². The molecule has 0 amide bonds. The summed E-state index contributed by atoms with van der Waals surface area (Å²) in [6.45, 7) is 1.91. The second kappa shape index (κ2) is 5.75. The first-order valence-corrected chi connectivity index (χ1v) is 6.68. The van der Waals surface area contributed by atoms with Crippen LogP contribution in [0.25, 0.3) is 0 Å². The van der Waals surface area contributed by atoms with Crippen LogP contribution in [0.15, 0.2) is 23.6 Å². The summed E-state index contributed by atoms with van der Waals surface area (Å²) >= 11 is 7.53. The SMILES string of the molecule is Cc1nc(C(Cc2c(F)cccc2Cl)NN)cs1. The fourth-order valence-electron chi connectivity index (χ4n) is 1.72. The van der Waals surface area contributed by atoms with Gasteiger partial charge in [-0.3, -0.25) is 11.3 Å². The normalized spacial score (nSPS) is 12.7. The molecule has 0 saturated heterocycles. The van der Waals surface area contributed by atoms with E-state index in [-0.39, 0.29) is 11.9 Å². The zero-order valence-electron chi connectivity index (χ0n) is 9.78. The Morgan fingerprint density at radius 2 is 2.33 bits per heavy atom. The van der Waals surface area contributed by atoms with Gasteiger partial charge in [0.25, 0.3) is 0 Å². The Bertz CT molecular complexity index is 524. The fraction of sp³-hybridized carbons (Fsp3) is 0.250. The van der Waals surface area contributed by atoms with Crippen molar-refractivity contribution in [2.75, 3.05) is 0 Å². The number of nitrogens with two attached hydrogens (primary N) is 1. The molecule has 0 fully saturated rings. The van der Waals surface area contributed by atoms with Crippen LogP contribution in [0.5, 0.6) is 0 Å². The number of aryl methyl sites for hydroxylation is 1. The summed E-state index contributed by atoms with van der Waals surface area (Å²) in [5, 5.41) is 3.27. The number of rotatable bonds is 4. The summed E-state index contributed by atoms with van der Waals surface area (Å²) in [5.41, 5.74) is 3.91. The van der Waals surface area contributed by atoms with E-state index >= 15 is 0 Å². The molecule has 6 heteroatoms. The monoisotopic (exact) mass is 285 g/mol. The molecule has 0 spiro atoms. The van der Waals surface area contributed by atoms with Gasteiger partial charge in [0.15, 0.2) is 0 Å². The number of hydrazine groups is 1. The molecule has 3 nitrogen and oxygen atoms in total. The van der Waals surface area contributed by atoms with Crippen molar-refractivity contribution in [3.05, 3.63) is 50.7 Å². The van der Waals surface area contributed by atoms with Crippen LogP contribution in [0, 0.1) is 12.7 Å². The van der Waals surface area contributed by atoms with Crippen molar-refractivity contribution in [1.29, 1.82) is 0 Å². The number of aromatic nitrogens is 1. The van der Waals surface area contributed by atoms with Crippen molar-refractivity contribution < 1.29 is 4.39 Å². The molecule has 0 aliphatic rings. The molecule has 3 N–H and O–H groups in total. The van der Waals surface area contributed by atoms with Gasteiger partial charge in [-0.25, -0.2) is 9.37 Å². The van der Waals surface area contributed by atoms with Gasteiger partial charge in [-0.2, -0.15) is 0 Å². The maximum atomic E-state index is 13.7. The van der Waals surface area contributed by atoms with Gasteiger partial charge in [0.05, 0.1) is 16.7 Å². The number of benzene rings is 1. The third-order valence-electron chi connectivity index (χ3n) is 2.66. The maximum Gasteiger partial charge on any atom is 0.127 e. The Hall–Kier alpha value is -1.01. The predicted octanol–water partition coefficient (Wildman–Crippen LogP) is 2.99. The summed E-state index contributed by atoms with van der Waals surface area (Å²) in [7, 11) is 0. The van der Waals surface area contributed by atoms with Gasteiger partial charge in [0, 0.05) is 16.0 Å². The van der Waals surface area contributed by atoms with Gasteiger partial charge in [-0.1, -0.05) is 17.7 Å². The summed E-state index contributed by atoms with van der Waals surface area (Å²) in [6, 6.07) is 4.39. The molecule has 1 aromatic carbocycles. The Kier molecular flexibility index (Phi) is 4.29. The third kappa shape index (κ3) is 2.87. The number of nitrogens with zero attached hydrogens (tertiary/aromatic N) is 1. The predicted molar refractivity (Wildman–Crippen MR) is 72.0 cm³/mol. The summed E-state index contributed by atoms with van der Waals surface area (Å²) in [4.78, 5) is 4.35. The van der Waals surface area contributed by atoms with E-state index < -0.39 is 0 Å². The zero-order valence-corrected chi connectivity index (χ0v) is 11.4. The molecule has 0 aliphatic heterocycles. The van der Waals surface area contributed by atoms with E-state index in [4.69, 9.17) is 17.4 Å². The summed E-state index contributed by atoms with van der Waals surface area (Å²) in [6.07, 6.45) is 0.366. The first-order chi connectivity index (χ1) is 8.61. The van der Waals surface area contributed by atoms with Crippen molar-refractivity contribution in [2.24, 2.45) is 5.84 Å². The lowest BCUT2D eigenvalue weighted by molar-refractivity contribution is 0.520. The van der Waals surface area contributed by atoms with E-state index in [2.05, 4.69) is 10.4 Å². The average molecular weight is 286 g/mol. The van der Waals surface area contributed by atoms with E-state index in [1.165, 1.54) is 17.4 Å². The minimum Gasteiger partial charge on any atom is -0.271 e. The highest BCUT2D eigenvalue weighted by Gasteiger charge is 2.17. The molecule has 0 radical (unpaired) electrons. The highest BCUT2D eigenvalue weighted by atomic mass is 35.5. The number of hydrogen-bond acceptors (Lipinski definition) is 4. The molecule has 1 heterocycles. The van der Waals surface area contributed by atoms with Crippen LogP contribution in [0.1, 0.15) is 22.3 Å². The number of hydrogen-bond donors (Lipinski definition) is 2. The van der Waals surface area contributed by atoms with Crippen LogP contribution in [0.2, 0.25) is 5.02 Å². The molecular formula is C12H13ClFN3S. The van der Waals surface area contributed by atoms with Crippen LogP contribution in [0.3, 0.4) is 0 Å². The molecule has 2 aromatic rings. The Labute approximate surface area is 114 Å². The van der Waals surface area contributed by atoms with E-state index in [0.717, 1.165) is 10.7 Å². The van der Waals surface area contributed by atoms with Crippen molar-refractivity contribution in [3.8, 4) is 0 Å². The average Bonchev–Trinajstić information content (AvgIpc) is 2.76. The van der Waals surface area contributed by atoms with Gasteiger partial charge in [-0.05, 0) is 25.5 Å². The van der Waals surface area contributed by atoms with Gasteiger partial charge in [-0.15, -0.1) is 11.3 Å². The van der Waals surface area contributed by atoms with E-state index in [0.29, 0.717) is 17.0 Å². The minimum atomic E-state index is -0.324. The molecule has 2 rings (SSSR count). The van der Waals surface area contributed by atoms with Gasteiger partial charge in [0.2, 0.25) is 0 Å². The first kappa shape index (κ1) is 13.4. The smallest absolute Gasteiger partial charge is 0.127 e. The van der Waals surface area contributed by atoms with Crippen molar-refractivity contribution in [3.63, 3.8) is 0 Å². The lowest BCUT2D eigenvalue weighted by Gasteiger charge is -2.15. The molecule has 18 heavy (non-hydrogen) atoms. The van der Waals surface area contributed by atoms with Gasteiger partial charge < -0.3 is 0 Å². The molecule has 96 valence electrons. The van der Waals surface area contributed by atoms with Gasteiger partial charge in [0.1, 0.15) is 5.82 Å². The second-order valence-electron chi connectivity index (χ2n) is 3.91. The van der Waals surface area contributed by atoms with Crippen molar-refractivity contribution in [2.45, 2.75) is 19.4 Å². The molecule has 1 unspecified atom stereocenters. The summed E-state index contributed by atoms with van der Waals surface area (Å²) in [5.74, 6) is 5.19. The number of nitrogens with one attached hydrogen (secondary N) is 1. The summed E-state index contributed by atoms with van der Waals surface area (Å²) < 4.78 is 13.7. The highest BCUT2D eigenvalue weighted by molar-refractivity contribution is 7.09. The molecular weight excluding hydrogens is 273 g/mol. The Morgan fingerprint density at radius 1 is 1.56 bits per heavy atom. The Balaban J connectivity index is 2.26. The van der Waals surface area contributed by atoms with Gasteiger partial charge >= 0.3 is 0 Å². The minimum absolute atomic E-state index is 0.246. The van der Waals surface area contributed by atoms with Crippen molar-refractivity contribution >= 4 is 22.9 Å². The topological polar surface area (TPSA) is 50.9 Å². The largest absolute Gasteiger partial charge is 0.271 e. The van der Waals surface area contributed by atoms with E-state index in [9.17, 15) is 4.39 Å². The van der Waals surface area contributed by atoms with Crippen LogP contribution in [-0.2, 0) is 6.42 Å². The third-order valence-corrected chi connectivity index (χ3v) is 3.81. The fourth-order valence-corrected chi connectivity index (χ4v) is 2.63. The maximum absolute atomic E-state index is 13.7. The first-order valence-electron chi connectivity index (χ1n) is 5.43. The van der Waals surface area contributed by atoms with Crippen LogP contribution < -0.4 is 11.3 Å². The van der Waals surface area contributed by atoms with E-state index in [1.807, 2.05) is 12.3 Å². The molecule has 0 saturated carbocycles. The lowest BCUT2D eigenvalue weighted by Crippen LogP contribution is -2.30. The zero-order chi connectivity index (χ0) is 13.1. The van der Waals surface area contributed by atoms with Crippen molar-refractivity contribution in [1.82, 2.24) is 10.4 Å². The lowest BCUT2D eigenvalue weighted by atomic mass is 10.0. The Morgan fingerprint density at radius 3 is 2.89 bits per heavy atom.